The summed E-state index contributed by atoms with van der Waals surface area (Å²) < 4.78 is 12.9. The van der Waals surface area contributed by atoms with E-state index in [2.05, 4.69) is 15.5 Å². The van der Waals surface area contributed by atoms with Crippen LogP contribution in [0.15, 0.2) is 48.5 Å². The number of hydrogen-bond donors (Lipinski definition) is 1. The minimum absolute atomic E-state index is 0.144. The Morgan fingerprint density at radius 2 is 1.76 bits per heavy atom. The molecule has 25 heavy (non-hydrogen) atoms. The van der Waals surface area contributed by atoms with Crippen molar-refractivity contribution in [3.63, 3.8) is 0 Å². The minimum Gasteiger partial charge on any atom is -0.320 e. The van der Waals surface area contributed by atoms with E-state index in [0.29, 0.717) is 20.7 Å². The van der Waals surface area contributed by atoms with Crippen LogP contribution in [0.1, 0.15) is 20.4 Å². The van der Waals surface area contributed by atoms with E-state index < -0.39 is 5.91 Å². The Hall–Kier alpha value is -2.28. The van der Waals surface area contributed by atoms with Crippen LogP contribution in [0.4, 0.5) is 10.1 Å². The van der Waals surface area contributed by atoms with Crippen molar-refractivity contribution in [2.75, 3.05) is 5.32 Å². The predicted molar refractivity (Wildman–Crippen MR) is 99.4 cm³/mol. The number of benzene rings is 2. The van der Waals surface area contributed by atoms with Crippen molar-refractivity contribution in [2.24, 2.45) is 0 Å². The molecule has 0 unspecified atom stereocenters. The highest BCUT2D eigenvalue weighted by Gasteiger charge is 2.15. The normalized spacial score (nSPS) is 11.4. The first-order valence-electron chi connectivity index (χ1n) is 7.05. The molecule has 0 aliphatic heterocycles. The van der Waals surface area contributed by atoms with E-state index in [9.17, 15) is 9.18 Å². The summed E-state index contributed by atoms with van der Waals surface area (Å²) in [5.74, 6) is -0.828. The third-order valence-corrected chi connectivity index (χ3v) is 4.81. The second-order valence-electron chi connectivity index (χ2n) is 4.89. The first kappa shape index (κ1) is 17.5. The number of hydrogen-bond acceptors (Lipinski definition) is 4. The molecule has 0 radical (unpaired) electrons. The Morgan fingerprint density at radius 1 is 1.08 bits per heavy atom. The van der Waals surface area contributed by atoms with Crippen LogP contribution >= 0.6 is 34.5 Å². The van der Waals surface area contributed by atoms with Crippen LogP contribution in [-0.2, 0) is 0 Å². The van der Waals surface area contributed by atoms with Gasteiger partial charge >= 0.3 is 0 Å². The average Bonchev–Trinajstić information content (AvgIpc) is 3.09. The Labute approximate surface area is 156 Å². The molecular formula is C17H10Cl2FN3OS. The Bertz CT molecular complexity index is 941. The number of carbonyl (C=O) groups is 1. The fourth-order valence-electron chi connectivity index (χ4n) is 1.92. The fourth-order valence-corrected chi connectivity index (χ4v) is 3.03. The molecule has 126 valence electrons. The van der Waals surface area contributed by atoms with E-state index in [1.54, 1.807) is 12.1 Å². The van der Waals surface area contributed by atoms with E-state index in [0.717, 1.165) is 16.9 Å². The lowest BCUT2D eigenvalue weighted by molar-refractivity contribution is 0.102. The van der Waals surface area contributed by atoms with E-state index in [4.69, 9.17) is 23.2 Å². The molecule has 1 amide bonds. The largest absolute Gasteiger partial charge is 0.320 e. The lowest BCUT2D eigenvalue weighted by atomic mass is 10.2. The number of nitrogens with zero attached hydrogens (tertiary/aromatic N) is 2. The molecule has 8 heteroatoms. The summed E-state index contributed by atoms with van der Waals surface area (Å²) in [6.45, 7) is 0. The molecule has 0 atom stereocenters. The van der Waals surface area contributed by atoms with E-state index in [1.165, 1.54) is 24.3 Å². The van der Waals surface area contributed by atoms with Gasteiger partial charge in [0.15, 0.2) is 5.01 Å². The first-order valence-corrected chi connectivity index (χ1v) is 8.63. The average molecular weight is 394 g/mol. The van der Waals surface area contributed by atoms with Gasteiger partial charge in [-0.05, 0) is 42.0 Å². The quantitative estimate of drug-likeness (QED) is 0.652. The third-order valence-electron chi connectivity index (χ3n) is 3.11. The van der Waals surface area contributed by atoms with E-state index in [-0.39, 0.29) is 10.8 Å². The standard InChI is InChI=1S/C17H10Cl2FN3OS/c18-13-4-2-1-3-10(13)9-14(19)16-22-23-17(25-16)15(24)21-12-7-5-11(20)6-8-12/h1-9H,(H,21,24)/b14-9-. The van der Waals surface area contributed by atoms with Crippen molar-refractivity contribution >= 4 is 57.2 Å². The maximum Gasteiger partial charge on any atom is 0.286 e. The first-order chi connectivity index (χ1) is 12.0. The number of rotatable bonds is 4. The van der Waals surface area contributed by atoms with Crippen LogP contribution in [-0.4, -0.2) is 16.1 Å². The molecule has 1 N–H and O–H groups in total. The Kier molecular flexibility index (Phi) is 5.43. The molecule has 0 spiro atoms. The molecule has 0 saturated heterocycles. The minimum atomic E-state index is -0.447. The fraction of sp³-hybridized carbons (Fsp3) is 0. The van der Waals surface area contributed by atoms with Crippen LogP contribution in [0.3, 0.4) is 0 Å². The van der Waals surface area contributed by atoms with Crippen molar-refractivity contribution in [3.8, 4) is 0 Å². The molecule has 2 aromatic carbocycles. The Morgan fingerprint density at radius 3 is 2.48 bits per heavy atom. The van der Waals surface area contributed by atoms with Crippen molar-refractivity contribution in [2.45, 2.75) is 0 Å². The summed E-state index contributed by atoms with van der Waals surface area (Å²) >= 11 is 13.4. The molecule has 1 heterocycles. The molecular weight excluding hydrogens is 384 g/mol. The molecule has 4 nitrogen and oxygen atoms in total. The summed E-state index contributed by atoms with van der Waals surface area (Å²) in [5, 5.41) is 11.8. The molecule has 0 aliphatic rings. The van der Waals surface area contributed by atoms with Crippen LogP contribution in [0.25, 0.3) is 11.1 Å². The SMILES string of the molecule is O=C(Nc1ccc(F)cc1)c1nnc(/C(Cl)=C/c2ccccc2Cl)s1. The van der Waals surface area contributed by atoms with Gasteiger partial charge in [-0.3, -0.25) is 4.79 Å². The molecule has 1 aromatic heterocycles. The zero-order valence-corrected chi connectivity index (χ0v) is 14.9. The van der Waals surface area contributed by atoms with Gasteiger partial charge in [-0.1, -0.05) is 52.7 Å². The molecule has 3 aromatic rings. The second-order valence-corrected chi connectivity index (χ2v) is 6.68. The summed E-state index contributed by atoms with van der Waals surface area (Å²) in [4.78, 5) is 12.2. The maximum atomic E-state index is 12.9. The summed E-state index contributed by atoms with van der Waals surface area (Å²) in [6, 6.07) is 12.6. The van der Waals surface area contributed by atoms with E-state index >= 15 is 0 Å². The maximum absolute atomic E-state index is 12.9. The third kappa shape index (κ3) is 4.42. The van der Waals surface area contributed by atoms with Gasteiger partial charge in [0.1, 0.15) is 5.82 Å². The molecule has 0 aliphatic carbocycles. The van der Waals surface area contributed by atoms with Crippen molar-refractivity contribution < 1.29 is 9.18 Å². The zero-order chi connectivity index (χ0) is 17.8. The topological polar surface area (TPSA) is 54.9 Å². The number of amides is 1. The number of halogens is 3. The predicted octanol–water partition coefficient (Wildman–Crippen LogP) is 5.32. The van der Waals surface area contributed by atoms with Gasteiger partial charge in [-0.2, -0.15) is 0 Å². The van der Waals surface area contributed by atoms with Crippen molar-refractivity contribution in [1.82, 2.24) is 10.2 Å². The number of anilines is 1. The summed E-state index contributed by atoms with van der Waals surface area (Å²) in [6.07, 6.45) is 1.66. The lowest BCUT2D eigenvalue weighted by Gasteiger charge is -2.01. The van der Waals surface area contributed by atoms with Gasteiger partial charge in [0.05, 0.1) is 5.03 Å². The highest BCUT2D eigenvalue weighted by Crippen LogP contribution is 2.28. The van der Waals surface area contributed by atoms with Gasteiger partial charge in [-0.25, -0.2) is 4.39 Å². The van der Waals surface area contributed by atoms with Crippen LogP contribution in [0.5, 0.6) is 0 Å². The second kappa shape index (κ2) is 7.74. The monoisotopic (exact) mass is 393 g/mol. The van der Waals surface area contributed by atoms with Crippen LogP contribution < -0.4 is 5.32 Å². The van der Waals surface area contributed by atoms with Crippen LogP contribution in [0, 0.1) is 5.82 Å². The highest BCUT2D eigenvalue weighted by atomic mass is 35.5. The highest BCUT2D eigenvalue weighted by molar-refractivity contribution is 7.15. The van der Waals surface area contributed by atoms with Crippen molar-refractivity contribution in [3.05, 3.63) is 74.9 Å². The summed E-state index contributed by atoms with van der Waals surface area (Å²) in [7, 11) is 0. The van der Waals surface area contributed by atoms with Gasteiger partial charge in [0.2, 0.25) is 5.01 Å². The Balaban J connectivity index is 1.76. The van der Waals surface area contributed by atoms with Gasteiger partial charge in [0, 0.05) is 10.7 Å². The van der Waals surface area contributed by atoms with Gasteiger partial charge in [-0.15, -0.1) is 10.2 Å². The molecule has 3 rings (SSSR count). The van der Waals surface area contributed by atoms with Gasteiger partial charge < -0.3 is 5.32 Å². The zero-order valence-electron chi connectivity index (χ0n) is 12.5. The lowest BCUT2D eigenvalue weighted by Crippen LogP contribution is -2.11. The van der Waals surface area contributed by atoms with Gasteiger partial charge in [0.25, 0.3) is 5.91 Å². The van der Waals surface area contributed by atoms with Crippen molar-refractivity contribution in [1.29, 1.82) is 0 Å². The smallest absolute Gasteiger partial charge is 0.286 e. The number of nitrogens with one attached hydrogen (secondary N) is 1. The molecule has 0 fully saturated rings. The number of carbonyl (C=O) groups excluding carboxylic acids is 1. The molecule has 0 bridgehead atoms. The van der Waals surface area contributed by atoms with Crippen LogP contribution in [0.2, 0.25) is 5.02 Å². The summed E-state index contributed by atoms with van der Waals surface area (Å²) in [5.41, 5.74) is 1.20. The number of aromatic nitrogens is 2. The molecule has 0 saturated carbocycles. The van der Waals surface area contributed by atoms with E-state index in [1.807, 2.05) is 18.2 Å².